The number of rotatable bonds is 6. The maximum atomic E-state index is 12.5. The van der Waals surface area contributed by atoms with Gasteiger partial charge in [0, 0.05) is 23.5 Å². The monoisotopic (exact) mass is 407 g/mol. The number of aromatic nitrogens is 2. The van der Waals surface area contributed by atoms with E-state index in [0.29, 0.717) is 22.4 Å². The van der Waals surface area contributed by atoms with Gasteiger partial charge in [0.05, 0.1) is 5.39 Å². The van der Waals surface area contributed by atoms with Crippen LogP contribution in [-0.4, -0.2) is 39.5 Å². The molecule has 3 aromatic rings. The molecule has 3 N–H and O–H groups in total. The summed E-state index contributed by atoms with van der Waals surface area (Å²) in [4.78, 5) is 39.0. The fraction of sp³-hybridized carbons (Fsp3) is 0.273. The lowest BCUT2D eigenvalue weighted by Crippen LogP contribution is -2.42. The Morgan fingerprint density at radius 3 is 2.27 bits per heavy atom. The summed E-state index contributed by atoms with van der Waals surface area (Å²) in [6.45, 7) is 8.16. The van der Waals surface area contributed by atoms with Crippen LogP contribution in [0.15, 0.2) is 53.3 Å². The first-order valence-corrected chi connectivity index (χ1v) is 9.81. The zero-order valence-corrected chi connectivity index (χ0v) is 17.2. The Kier molecular flexibility index (Phi) is 6.58. The van der Waals surface area contributed by atoms with Gasteiger partial charge in [0.1, 0.15) is 0 Å². The SMILES string of the molecule is CCN(Cc1ccc(C(=O)NNC(=O)c2n[nH]c(=O)c3ccccc23)cc1)C(C)C. The second-order valence-corrected chi connectivity index (χ2v) is 7.21. The van der Waals surface area contributed by atoms with Gasteiger partial charge in [-0.3, -0.25) is 30.1 Å². The van der Waals surface area contributed by atoms with Gasteiger partial charge in [0.2, 0.25) is 0 Å². The minimum absolute atomic E-state index is 0.0224. The van der Waals surface area contributed by atoms with Gasteiger partial charge in [0.25, 0.3) is 17.4 Å². The van der Waals surface area contributed by atoms with Crippen molar-refractivity contribution >= 4 is 22.6 Å². The van der Waals surface area contributed by atoms with Crippen molar-refractivity contribution < 1.29 is 9.59 Å². The molecule has 8 heteroatoms. The third-order valence-corrected chi connectivity index (χ3v) is 4.94. The van der Waals surface area contributed by atoms with E-state index in [9.17, 15) is 14.4 Å². The van der Waals surface area contributed by atoms with Crippen LogP contribution in [0.2, 0.25) is 0 Å². The Morgan fingerprint density at radius 1 is 1.00 bits per heavy atom. The van der Waals surface area contributed by atoms with Crippen LogP contribution in [0, 0.1) is 0 Å². The molecule has 0 spiro atoms. The first kappa shape index (κ1) is 21.2. The summed E-state index contributed by atoms with van der Waals surface area (Å²) in [7, 11) is 0. The molecule has 0 aliphatic rings. The van der Waals surface area contributed by atoms with Gasteiger partial charge in [0.15, 0.2) is 5.69 Å². The van der Waals surface area contributed by atoms with Crippen LogP contribution in [0.5, 0.6) is 0 Å². The highest BCUT2D eigenvalue weighted by atomic mass is 16.2. The molecule has 2 aromatic carbocycles. The number of fused-ring (bicyclic) bond motifs is 1. The van der Waals surface area contributed by atoms with Crippen LogP contribution >= 0.6 is 0 Å². The average molecular weight is 407 g/mol. The van der Waals surface area contributed by atoms with Gasteiger partial charge >= 0.3 is 0 Å². The van der Waals surface area contributed by atoms with Crippen LogP contribution < -0.4 is 16.4 Å². The maximum absolute atomic E-state index is 12.5. The van der Waals surface area contributed by atoms with Gasteiger partial charge in [-0.1, -0.05) is 37.3 Å². The van der Waals surface area contributed by atoms with E-state index in [4.69, 9.17) is 0 Å². The quantitative estimate of drug-likeness (QED) is 0.543. The fourth-order valence-corrected chi connectivity index (χ4v) is 3.19. The number of carbonyl (C=O) groups is 2. The summed E-state index contributed by atoms with van der Waals surface area (Å²) in [5.74, 6) is -1.07. The number of H-pyrrole nitrogens is 1. The van der Waals surface area contributed by atoms with Crippen molar-refractivity contribution in [3.05, 3.63) is 75.7 Å². The Labute approximate surface area is 174 Å². The number of benzene rings is 2. The summed E-state index contributed by atoms with van der Waals surface area (Å²) in [6, 6.07) is 14.3. The summed E-state index contributed by atoms with van der Waals surface area (Å²) in [5.41, 5.74) is 5.90. The Balaban J connectivity index is 1.65. The predicted octanol–water partition coefficient (Wildman–Crippen LogP) is 2.23. The molecule has 2 amide bonds. The van der Waals surface area contributed by atoms with Gasteiger partial charge in [-0.15, -0.1) is 0 Å². The van der Waals surface area contributed by atoms with E-state index < -0.39 is 11.8 Å². The van der Waals surface area contributed by atoms with Crippen LogP contribution in [0.1, 0.15) is 47.2 Å². The molecule has 0 saturated heterocycles. The van der Waals surface area contributed by atoms with E-state index in [2.05, 4.69) is 46.7 Å². The fourth-order valence-electron chi connectivity index (χ4n) is 3.19. The predicted molar refractivity (Wildman–Crippen MR) is 115 cm³/mol. The number of hydrogen-bond donors (Lipinski definition) is 3. The Hall–Kier alpha value is -3.52. The molecule has 156 valence electrons. The van der Waals surface area contributed by atoms with E-state index in [1.165, 1.54) is 0 Å². The number of hydrogen-bond acceptors (Lipinski definition) is 5. The molecule has 0 atom stereocenters. The summed E-state index contributed by atoms with van der Waals surface area (Å²) in [5, 5.41) is 6.86. The van der Waals surface area contributed by atoms with Crippen molar-refractivity contribution in [2.24, 2.45) is 0 Å². The molecule has 3 rings (SSSR count). The molecule has 0 radical (unpaired) electrons. The molecule has 0 bridgehead atoms. The highest BCUT2D eigenvalue weighted by Gasteiger charge is 2.15. The van der Waals surface area contributed by atoms with Crippen LogP contribution in [-0.2, 0) is 6.54 Å². The van der Waals surface area contributed by atoms with E-state index in [1.807, 2.05) is 12.1 Å². The van der Waals surface area contributed by atoms with Crippen molar-refractivity contribution in [3.63, 3.8) is 0 Å². The summed E-state index contributed by atoms with van der Waals surface area (Å²) in [6.07, 6.45) is 0. The van der Waals surface area contributed by atoms with Gasteiger partial charge in [-0.2, -0.15) is 5.10 Å². The standard InChI is InChI=1S/C22H25N5O3/c1-4-27(14(2)3)13-15-9-11-16(12-10-15)20(28)24-26-22(30)19-17-7-5-6-8-18(17)21(29)25-23-19/h5-12,14H,4,13H2,1-3H3,(H,24,28)(H,25,29)(H,26,30). The lowest BCUT2D eigenvalue weighted by Gasteiger charge is -2.24. The lowest BCUT2D eigenvalue weighted by atomic mass is 10.1. The number of carbonyl (C=O) groups excluding carboxylic acids is 2. The zero-order chi connectivity index (χ0) is 21.7. The molecule has 1 aromatic heterocycles. The maximum Gasteiger partial charge on any atom is 0.290 e. The molecule has 8 nitrogen and oxygen atoms in total. The normalized spacial score (nSPS) is 11.1. The van der Waals surface area contributed by atoms with E-state index in [-0.39, 0.29) is 11.3 Å². The molecule has 0 aliphatic heterocycles. The largest absolute Gasteiger partial charge is 0.297 e. The first-order valence-electron chi connectivity index (χ1n) is 9.81. The molecule has 0 fully saturated rings. The highest BCUT2D eigenvalue weighted by Crippen LogP contribution is 2.12. The number of nitrogens with one attached hydrogen (secondary N) is 3. The third-order valence-electron chi connectivity index (χ3n) is 4.94. The molecule has 30 heavy (non-hydrogen) atoms. The van der Waals surface area contributed by atoms with Crippen molar-refractivity contribution in [1.82, 2.24) is 25.9 Å². The van der Waals surface area contributed by atoms with Crippen molar-refractivity contribution in [2.75, 3.05) is 6.54 Å². The first-order chi connectivity index (χ1) is 14.4. The molecule has 0 unspecified atom stereocenters. The van der Waals surface area contributed by atoms with Crippen LogP contribution in [0.3, 0.4) is 0 Å². The average Bonchev–Trinajstić information content (AvgIpc) is 2.76. The molecule has 0 aliphatic carbocycles. The van der Waals surface area contributed by atoms with Gasteiger partial charge in [-0.25, -0.2) is 5.10 Å². The zero-order valence-electron chi connectivity index (χ0n) is 17.2. The molecule has 0 saturated carbocycles. The summed E-state index contributed by atoms with van der Waals surface area (Å²) < 4.78 is 0. The van der Waals surface area contributed by atoms with Crippen molar-refractivity contribution in [3.8, 4) is 0 Å². The number of aromatic amines is 1. The van der Waals surface area contributed by atoms with Gasteiger partial charge < -0.3 is 0 Å². The molecule has 1 heterocycles. The molecular weight excluding hydrogens is 382 g/mol. The number of amides is 2. The second kappa shape index (κ2) is 9.32. The smallest absolute Gasteiger partial charge is 0.290 e. The van der Waals surface area contributed by atoms with Crippen LogP contribution in [0.25, 0.3) is 10.8 Å². The van der Waals surface area contributed by atoms with Gasteiger partial charge in [-0.05, 0) is 44.2 Å². The highest BCUT2D eigenvalue weighted by molar-refractivity contribution is 6.05. The Bertz CT molecular complexity index is 1110. The van der Waals surface area contributed by atoms with Crippen LogP contribution in [0.4, 0.5) is 0 Å². The molecular formula is C22H25N5O3. The number of hydrazine groups is 1. The minimum atomic E-state index is -0.622. The Morgan fingerprint density at radius 2 is 1.63 bits per heavy atom. The van der Waals surface area contributed by atoms with E-state index >= 15 is 0 Å². The van der Waals surface area contributed by atoms with E-state index in [1.54, 1.807) is 36.4 Å². The van der Waals surface area contributed by atoms with Crippen molar-refractivity contribution in [2.45, 2.75) is 33.4 Å². The third kappa shape index (κ3) is 4.72. The van der Waals surface area contributed by atoms with E-state index in [0.717, 1.165) is 18.7 Å². The number of nitrogens with zero attached hydrogens (tertiary/aromatic N) is 2. The minimum Gasteiger partial charge on any atom is -0.297 e. The second-order valence-electron chi connectivity index (χ2n) is 7.21. The lowest BCUT2D eigenvalue weighted by molar-refractivity contribution is 0.0844. The van der Waals surface area contributed by atoms with Crippen molar-refractivity contribution in [1.29, 1.82) is 0 Å². The topological polar surface area (TPSA) is 107 Å². The summed E-state index contributed by atoms with van der Waals surface area (Å²) >= 11 is 0.